The molecular weight excluding hydrogens is 665 g/mol. The number of hydrogen-bond acceptors (Lipinski definition) is 7. The van der Waals surface area contributed by atoms with Gasteiger partial charge in [-0.2, -0.15) is 9.78 Å². The third-order valence-corrected chi connectivity index (χ3v) is 7.32. The molecule has 4 aromatic rings. The van der Waals surface area contributed by atoms with Crippen LogP contribution in [0.5, 0.6) is 23.0 Å². The van der Waals surface area contributed by atoms with Gasteiger partial charge >= 0.3 is 0 Å². The predicted octanol–water partition coefficient (Wildman–Crippen LogP) is 6.30. The van der Waals surface area contributed by atoms with Crippen molar-refractivity contribution in [2.75, 3.05) is 13.9 Å². The van der Waals surface area contributed by atoms with E-state index in [0.717, 1.165) is 37.8 Å². The highest BCUT2D eigenvalue weighted by Gasteiger charge is 2.16. The summed E-state index contributed by atoms with van der Waals surface area (Å²) >= 11 is 5.66. The van der Waals surface area contributed by atoms with Crippen molar-refractivity contribution in [2.45, 2.75) is 32.8 Å². The van der Waals surface area contributed by atoms with Crippen LogP contribution in [0, 0.1) is 3.57 Å². The molecule has 0 radical (unpaired) electrons. The summed E-state index contributed by atoms with van der Waals surface area (Å²) in [5.41, 5.74) is 2.18. The van der Waals surface area contributed by atoms with Crippen LogP contribution in [0.25, 0.3) is 10.9 Å². The lowest BCUT2D eigenvalue weighted by molar-refractivity contribution is 0.174. The zero-order chi connectivity index (χ0) is 26.6. The molecule has 0 bridgehead atoms. The molecule has 5 rings (SSSR count). The Labute approximate surface area is 241 Å². The van der Waals surface area contributed by atoms with Crippen molar-refractivity contribution in [1.82, 2.24) is 9.66 Å². The monoisotopic (exact) mass is 689 g/mol. The van der Waals surface area contributed by atoms with Gasteiger partial charge in [0.25, 0.3) is 5.56 Å². The number of aryl methyl sites for hydroxylation is 1. The van der Waals surface area contributed by atoms with Gasteiger partial charge in [0.05, 0.1) is 27.8 Å². The van der Waals surface area contributed by atoms with Crippen LogP contribution >= 0.6 is 38.5 Å². The van der Waals surface area contributed by atoms with Crippen molar-refractivity contribution in [2.24, 2.45) is 5.10 Å². The maximum absolute atomic E-state index is 13.3. The highest BCUT2D eigenvalue weighted by Crippen LogP contribution is 2.36. The summed E-state index contributed by atoms with van der Waals surface area (Å²) in [6.45, 7) is 2.67. The van der Waals surface area contributed by atoms with Crippen molar-refractivity contribution in [3.05, 3.63) is 83.9 Å². The predicted molar refractivity (Wildman–Crippen MR) is 158 cm³/mol. The summed E-state index contributed by atoms with van der Waals surface area (Å²) in [5, 5.41) is 5.07. The van der Waals surface area contributed by atoms with Gasteiger partial charge in [0, 0.05) is 10.9 Å². The van der Waals surface area contributed by atoms with Crippen molar-refractivity contribution < 1.29 is 18.9 Å². The van der Waals surface area contributed by atoms with Gasteiger partial charge in [0.15, 0.2) is 23.0 Å². The molecule has 0 saturated carbocycles. The van der Waals surface area contributed by atoms with Gasteiger partial charge in [-0.3, -0.25) is 4.79 Å². The maximum atomic E-state index is 13.3. The highest BCUT2D eigenvalue weighted by atomic mass is 127. The molecule has 0 N–H and O–H groups in total. The Hall–Kier alpha value is -3.12. The Balaban J connectivity index is 1.43. The van der Waals surface area contributed by atoms with E-state index in [9.17, 15) is 4.79 Å². The summed E-state index contributed by atoms with van der Waals surface area (Å²) in [6.07, 6.45) is 4.20. The molecule has 1 aromatic heterocycles. The number of ether oxygens (including phenoxy) is 4. The van der Waals surface area contributed by atoms with Gasteiger partial charge in [0.2, 0.25) is 6.79 Å². The summed E-state index contributed by atoms with van der Waals surface area (Å²) in [6, 6.07) is 15.0. The van der Waals surface area contributed by atoms with Gasteiger partial charge in [-0.15, -0.1) is 0 Å². The molecule has 3 aromatic carbocycles. The minimum absolute atomic E-state index is 0.205. The van der Waals surface area contributed by atoms with Crippen LogP contribution in [0.1, 0.15) is 36.7 Å². The smallest absolute Gasteiger partial charge is 0.282 e. The first kappa shape index (κ1) is 26.5. The van der Waals surface area contributed by atoms with E-state index in [1.165, 1.54) is 4.68 Å². The fraction of sp³-hybridized carbons (Fsp3) is 0.250. The van der Waals surface area contributed by atoms with Crippen LogP contribution in [0.4, 0.5) is 0 Å². The Kier molecular flexibility index (Phi) is 8.18. The van der Waals surface area contributed by atoms with E-state index < -0.39 is 0 Å². The SMILES string of the molecule is CCCCc1nc2ccc(Br)cc2c(=O)n1N=Cc1cc(I)c(OCc2ccc3c(c2)OCO3)c(OC)c1. The Morgan fingerprint density at radius 3 is 2.82 bits per heavy atom. The minimum atomic E-state index is -0.205. The molecule has 0 amide bonds. The van der Waals surface area contributed by atoms with Gasteiger partial charge in [0.1, 0.15) is 12.4 Å². The Morgan fingerprint density at radius 1 is 1.16 bits per heavy atom. The van der Waals surface area contributed by atoms with Gasteiger partial charge < -0.3 is 18.9 Å². The topological polar surface area (TPSA) is 84.2 Å². The van der Waals surface area contributed by atoms with E-state index in [-0.39, 0.29) is 12.4 Å². The highest BCUT2D eigenvalue weighted by molar-refractivity contribution is 14.1. The second-order valence-electron chi connectivity index (χ2n) is 8.66. The number of nitrogens with zero attached hydrogens (tertiary/aromatic N) is 3. The molecule has 10 heteroatoms. The zero-order valence-corrected chi connectivity index (χ0v) is 24.6. The van der Waals surface area contributed by atoms with E-state index in [1.807, 2.05) is 42.5 Å². The molecule has 1 aliphatic rings. The molecule has 0 unspecified atom stereocenters. The first-order chi connectivity index (χ1) is 18.5. The lowest BCUT2D eigenvalue weighted by Gasteiger charge is -2.14. The molecule has 1 aliphatic heterocycles. The van der Waals surface area contributed by atoms with E-state index >= 15 is 0 Å². The third kappa shape index (κ3) is 5.65. The summed E-state index contributed by atoms with van der Waals surface area (Å²) in [5.74, 6) is 3.27. The minimum Gasteiger partial charge on any atom is -0.493 e. The van der Waals surface area contributed by atoms with Gasteiger partial charge in [-0.05, 0) is 82.6 Å². The van der Waals surface area contributed by atoms with Crippen molar-refractivity contribution in [1.29, 1.82) is 0 Å². The normalized spacial score (nSPS) is 12.4. The van der Waals surface area contributed by atoms with Gasteiger partial charge in [-0.25, -0.2) is 4.98 Å². The number of hydrogen-bond donors (Lipinski definition) is 0. The summed E-state index contributed by atoms with van der Waals surface area (Å²) in [7, 11) is 1.60. The second-order valence-corrected chi connectivity index (χ2v) is 10.7. The molecule has 0 fully saturated rings. The first-order valence-electron chi connectivity index (χ1n) is 12.1. The first-order valence-corrected chi connectivity index (χ1v) is 14.0. The molecular formula is C28H25BrIN3O5. The zero-order valence-electron chi connectivity index (χ0n) is 20.9. The second kappa shape index (κ2) is 11.7. The van der Waals surface area contributed by atoms with Gasteiger partial charge in [-0.1, -0.05) is 35.3 Å². The third-order valence-electron chi connectivity index (χ3n) is 6.02. The summed E-state index contributed by atoms with van der Waals surface area (Å²) in [4.78, 5) is 18.1. The van der Waals surface area contributed by atoms with Crippen LogP contribution in [0.15, 0.2) is 62.9 Å². The van der Waals surface area contributed by atoms with Crippen molar-refractivity contribution in [3.63, 3.8) is 0 Å². The van der Waals surface area contributed by atoms with Crippen LogP contribution in [0.2, 0.25) is 0 Å². The molecule has 38 heavy (non-hydrogen) atoms. The lowest BCUT2D eigenvalue weighted by atomic mass is 10.2. The average Bonchev–Trinajstić information content (AvgIpc) is 3.39. The standard InChI is InChI=1S/C28H25BrIN3O5/c1-3-4-5-26-32-22-8-7-19(29)13-20(22)28(34)33(26)31-14-18-10-21(30)27(25(12-18)35-2)36-15-17-6-9-23-24(11-17)38-16-37-23/h6-14H,3-5,15-16H2,1-2H3. The summed E-state index contributed by atoms with van der Waals surface area (Å²) < 4.78 is 25.6. The van der Waals surface area contributed by atoms with Crippen molar-refractivity contribution >= 4 is 55.6 Å². The van der Waals surface area contributed by atoms with Crippen molar-refractivity contribution in [3.8, 4) is 23.0 Å². The fourth-order valence-electron chi connectivity index (χ4n) is 4.08. The van der Waals surface area contributed by atoms with Crippen LogP contribution in [0.3, 0.4) is 0 Å². The molecule has 196 valence electrons. The molecule has 2 heterocycles. The van der Waals surface area contributed by atoms with Crippen LogP contribution < -0.4 is 24.5 Å². The van der Waals surface area contributed by atoms with Crippen LogP contribution in [-0.4, -0.2) is 29.8 Å². The number of fused-ring (bicyclic) bond motifs is 2. The number of halogens is 2. The number of rotatable bonds is 9. The maximum Gasteiger partial charge on any atom is 0.282 e. The van der Waals surface area contributed by atoms with E-state index in [4.69, 9.17) is 23.9 Å². The molecule has 0 saturated heterocycles. The number of unbranched alkanes of at least 4 members (excludes halogenated alkanes) is 1. The molecule has 0 spiro atoms. The quantitative estimate of drug-likeness (QED) is 0.152. The number of benzene rings is 3. The number of methoxy groups -OCH3 is 1. The largest absolute Gasteiger partial charge is 0.493 e. The van der Waals surface area contributed by atoms with E-state index in [2.05, 4.69) is 50.5 Å². The van der Waals surface area contributed by atoms with Crippen LogP contribution in [-0.2, 0) is 13.0 Å². The Morgan fingerprint density at radius 2 is 2.00 bits per heavy atom. The fourth-order valence-corrected chi connectivity index (χ4v) is 5.22. The molecule has 8 nitrogen and oxygen atoms in total. The average molecular weight is 690 g/mol. The molecule has 0 atom stereocenters. The lowest BCUT2D eigenvalue weighted by Crippen LogP contribution is -2.22. The van der Waals surface area contributed by atoms with E-state index in [1.54, 1.807) is 19.4 Å². The Bertz CT molecular complexity index is 1590. The molecule has 0 aliphatic carbocycles. The number of aromatic nitrogens is 2. The van der Waals surface area contributed by atoms with E-state index in [0.29, 0.717) is 47.0 Å².